The first kappa shape index (κ1) is 23.9. The number of nitrogens with zero attached hydrogens (tertiary/aromatic N) is 2. The largest absolute Gasteiger partial charge is 0.449 e. The van der Waals surface area contributed by atoms with Crippen molar-refractivity contribution in [2.75, 3.05) is 29.3 Å². The van der Waals surface area contributed by atoms with E-state index < -0.39 is 26.6 Å². The number of para-hydroxylation sites is 1. The molecule has 2 aliphatic rings. The van der Waals surface area contributed by atoms with Crippen LogP contribution >= 0.6 is 11.6 Å². The van der Waals surface area contributed by atoms with Crippen LogP contribution < -0.4 is 15.1 Å². The lowest BCUT2D eigenvalue weighted by Crippen LogP contribution is -2.38. The van der Waals surface area contributed by atoms with Gasteiger partial charge in [0.15, 0.2) is 5.82 Å². The van der Waals surface area contributed by atoms with E-state index in [1.165, 1.54) is 42.7 Å². The number of pyridine rings is 1. The molecule has 2 aromatic heterocycles. The van der Waals surface area contributed by atoms with Gasteiger partial charge < -0.3 is 14.1 Å². The van der Waals surface area contributed by atoms with Gasteiger partial charge >= 0.3 is 5.91 Å². The number of aromatic nitrogens is 1. The van der Waals surface area contributed by atoms with Crippen molar-refractivity contribution in [3.8, 4) is 0 Å². The van der Waals surface area contributed by atoms with Crippen molar-refractivity contribution >= 4 is 50.0 Å². The van der Waals surface area contributed by atoms with E-state index in [0.29, 0.717) is 24.8 Å². The third kappa shape index (κ3) is 5.08. The topological polar surface area (TPSA) is 134 Å². The quantitative estimate of drug-likeness (QED) is 0.301. The maximum atomic E-state index is 13.5. The second kappa shape index (κ2) is 9.65. The third-order valence-corrected chi connectivity index (χ3v) is 7.85. The van der Waals surface area contributed by atoms with Crippen LogP contribution in [0.25, 0.3) is 11.0 Å². The van der Waals surface area contributed by atoms with Gasteiger partial charge in [0.25, 0.3) is 10.0 Å². The fourth-order valence-electron chi connectivity index (χ4n) is 4.23. The van der Waals surface area contributed by atoms with Gasteiger partial charge in [-0.05, 0) is 49.8 Å². The number of hydrogen-bond acceptors (Lipinski definition) is 8. The van der Waals surface area contributed by atoms with Crippen LogP contribution in [-0.4, -0.2) is 50.3 Å². The lowest BCUT2D eigenvalue weighted by molar-refractivity contribution is 0.0304. The van der Waals surface area contributed by atoms with Crippen molar-refractivity contribution < 1.29 is 27.6 Å². The van der Waals surface area contributed by atoms with Crippen LogP contribution in [-0.2, 0) is 14.8 Å². The number of carbonyl (C=O) groups is 1. The first-order chi connectivity index (χ1) is 16.9. The lowest BCUT2D eigenvalue weighted by Gasteiger charge is -2.33. The fourth-order valence-corrected chi connectivity index (χ4v) is 5.77. The molecule has 1 aliphatic carbocycles. The lowest BCUT2D eigenvalue weighted by atomic mass is 10.1. The van der Waals surface area contributed by atoms with E-state index in [9.17, 15) is 13.2 Å². The maximum Gasteiger partial charge on any atom is 0.311 e. The van der Waals surface area contributed by atoms with Gasteiger partial charge in [0.2, 0.25) is 5.76 Å². The van der Waals surface area contributed by atoms with Gasteiger partial charge in [-0.25, -0.2) is 18.9 Å². The Morgan fingerprint density at radius 3 is 2.69 bits per heavy atom. The highest BCUT2D eigenvalue weighted by molar-refractivity contribution is 7.93. The Balaban J connectivity index is 1.43. The summed E-state index contributed by atoms with van der Waals surface area (Å²) in [7, 11) is -4.35. The van der Waals surface area contributed by atoms with Gasteiger partial charge in [-0.1, -0.05) is 23.7 Å². The van der Waals surface area contributed by atoms with E-state index in [-0.39, 0.29) is 27.8 Å². The number of hydroxylamine groups is 1. The molecule has 0 atom stereocenters. The molecular weight excluding hydrogens is 496 g/mol. The zero-order chi connectivity index (χ0) is 24.6. The summed E-state index contributed by atoms with van der Waals surface area (Å²) in [6.07, 6.45) is 5.72. The molecule has 1 saturated carbocycles. The Labute approximate surface area is 207 Å². The van der Waals surface area contributed by atoms with Gasteiger partial charge in [0, 0.05) is 31.3 Å². The van der Waals surface area contributed by atoms with Gasteiger partial charge in [0.05, 0.1) is 16.8 Å². The van der Waals surface area contributed by atoms with E-state index in [2.05, 4.69) is 9.71 Å². The highest BCUT2D eigenvalue weighted by Crippen LogP contribution is 2.35. The normalized spacial score (nSPS) is 17.0. The number of halogens is 1. The summed E-state index contributed by atoms with van der Waals surface area (Å²) in [6.45, 7) is 2.09. The molecule has 5 rings (SSSR count). The molecule has 12 heteroatoms. The highest BCUT2D eigenvalue weighted by atomic mass is 35.5. The molecule has 2 fully saturated rings. The number of benzene rings is 1. The predicted octanol–water partition coefficient (Wildman–Crippen LogP) is 3.80. The molecule has 3 N–H and O–H groups in total. The van der Waals surface area contributed by atoms with Gasteiger partial charge in [0.1, 0.15) is 10.5 Å². The van der Waals surface area contributed by atoms with Crippen LogP contribution in [0.2, 0.25) is 5.02 Å². The number of rotatable bonds is 8. The molecule has 186 valence electrons. The first-order valence-corrected chi connectivity index (χ1v) is 13.2. The Hall–Kier alpha value is -2.86. The number of furan rings is 1. The second-order valence-corrected chi connectivity index (χ2v) is 10.8. The molecule has 35 heavy (non-hydrogen) atoms. The molecule has 0 radical (unpaired) electrons. The molecule has 1 amide bonds. The van der Waals surface area contributed by atoms with Crippen LogP contribution in [0.5, 0.6) is 0 Å². The number of fused-ring (bicyclic) bond motifs is 1. The molecule has 3 heterocycles. The van der Waals surface area contributed by atoms with Crippen LogP contribution in [0, 0.1) is 5.92 Å². The van der Waals surface area contributed by atoms with Crippen molar-refractivity contribution in [2.24, 2.45) is 5.92 Å². The zero-order valence-corrected chi connectivity index (χ0v) is 20.3. The highest BCUT2D eigenvalue weighted by Gasteiger charge is 2.32. The molecule has 1 aliphatic heterocycles. The van der Waals surface area contributed by atoms with E-state index in [1.54, 1.807) is 12.1 Å². The summed E-state index contributed by atoms with van der Waals surface area (Å²) in [4.78, 5) is 18.2. The summed E-state index contributed by atoms with van der Waals surface area (Å²) in [6, 6.07) is 7.80. The molecule has 0 spiro atoms. The number of amides is 1. The molecule has 0 unspecified atom stereocenters. The number of carbonyl (C=O) groups excluding carboxylic acids is 1. The van der Waals surface area contributed by atoms with Crippen molar-refractivity contribution in [2.45, 2.75) is 36.7 Å². The molecule has 0 bridgehead atoms. The van der Waals surface area contributed by atoms with Crippen LogP contribution in [0.4, 0.5) is 11.5 Å². The van der Waals surface area contributed by atoms with Crippen LogP contribution in [0.3, 0.4) is 0 Å². The van der Waals surface area contributed by atoms with E-state index in [0.717, 1.165) is 19.4 Å². The summed E-state index contributed by atoms with van der Waals surface area (Å²) >= 11 is 6.16. The van der Waals surface area contributed by atoms with Gasteiger partial charge in [-0.2, -0.15) is 0 Å². The van der Waals surface area contributed by atoms with Crippen LogP contribution in [0.1, 0.15) is 36.2 Å². The predicted molar refractivity (Wildman–Crippen MR) is 129 cm³/mol. The zero-order valence-electron chi connectivity index (χ0n) is 18.7. The number of anilines is 2. The number of hydrogen-bond donors (Lipinski definition) is 3. The summed E-state index contributed by atoms with van der Waals surface area (Å²) in [5.41, 5.74) is 1.80. The Bertz CT molecular complexity index is 1350. The van der Waals surface area contributed by atoms with E-state index in [4.69, 9.17) is 26.0 Å². The monoisotopic (exact) mass is 520 g/mol. The van der Waals surface area contributed by atoms with E-state index >= 15 is 0 Å². The minimum atomic E-state index is -4.35. The molecule has 1 saturated heterocycles. The Kier molecular flexibility index (Phi) is 6.58. The van der Waals surface area contributed by atoms with Crippen molar-refractivity contribution in [1.29, 1.82) is 0 Å². The minimum absolute atomic E-state index is 0.176. The standard InChI is InChI=1S/C23H25ClN4O6S/c24-15-11-18(22(25-12-15)28-9-7-16(8-10-28)33-13-14-5-6-14)27-35(31,32)21-17-3-1-2-4-19(17)34-20(21)23(29)26-30/h1-4,11-12,14,16,27,30H,5-10,13H2,(H,26,29). The smallest absolute Gasteiger partial charge is 0.311 e. The number of ether oxygens (including phenoxy) is 1. The number of nitrogens with one attached hydrogen (secondary N) is 2. The summed E-state index contributed by atoms with van der Waals surface area (Å²) in [5, 5.41) is 9.57. The van der Waals surface area contributed by atoms with Crippen LogP contribution in [0.15, 0.2) is 45.8 Å². The Morgan fingerprint density at radius 2 is 1.97 bits per heavy atom. The van der Waals surface area contributed by atoms with E-state index in [1.807, 2.05) is 4.90 Å². The minimum Gasteiger partial charge on any atom is -0.449 e. The van der Waals surface area contributed by atoms with Gasteiger partial charge in [-0.15, -0.1) is 0 Å². The second-order valence-electron chi connectivity index (χ2n) is 8.79. The van der Waals surface area contributed by atoms with Gasteiger partial charge in [-0.3, -0.25) is 14.7 Å². The Morgan fingerprint density at radius 1 is 1.23 bits per heavy atom. The molecule has 10 nitrogen and oxygen atoms in total. The average molecular weight is 521 g/mol. The van der Waals surface area contributed by atoms with Crippen molar-refractivity contribution in [1.82, 2.24) is 10.5 Å². The average Bonchev–Trinajstić information content (AvgIpc) is 3.59. The van der Waals surface area contributed by atoms with Crippen molar-refractivity contribution in [3.63, 3.8) is 0 Å². The third-order valence-electron chi connectivity index (χ3n) is 6.21. The summed E-state index contributed by atoms with van der Waals surface area (Å²) in [5.74, 6) is -0.492. The summed E-state index contributed by atoms with van der Waals surface area (Å²) < 4.78 is 41.0. The van der Waals surface area contributed by atoms with Crippen molar-refractivity contribution in [3.05, 3.63) is 47.3 Å². The number of sulfonamides is 1. The SMILES string of the molecule is O=C(NO)c1oc2ccccc2c1S(=O)(=O)Nc1cc(Cl)cnc1N1CCC(OCC2CC2)CC1. The number of piperidine rings is 1. The fraction of sp³-hybridized carbons (Fsp3) is 0.391. The maximum absolute atomic E-state index is 13.5. The molecular formula is C23H25ClN4O6S. The molecule has 3 aromatic rings. The molecule has 1 aromatic carbocycles. The first-order valence-electron chi connectivity index (χ1n) is 11.4.